The van der Waals surface area contributed by atoms with Gasteiger partial charge < -0.3 is 20.4 Å². The van der Waals surface area contributed by atoms with Crippen LogP contribution in [0, 0.1) is 4.77 Å². The highest BCUT2D eigenvalue weighted by atomic mass is 32.1. The van der Waals surface area contributed by atoms with Gasteiger partial charge in [-0.05, 0) is 12.2 Å². The molecular weight excluding hydrogens is 280 g/mol. The maximum absolute atomic E-state index is 12.0. The third-order valence-electron chi connectivity index (χ3n) is 2.98. The smallest absolute Gasteiger partial charge is 0.404 e. The second kappa shape index (κ2) is 4.49. The van der Waals surface area contributed by atoms with Gasteiger partial charge in [0.05, 0.1) is 10.9 Å². The first-order valence-corrected chi connectivity index (χ1v) is 6.15. The molecule has 0 radical (unpaired) electrons. The van der Waals surface area contributed by atoms with E-state index in [-0.39, 0.29) is 16.9 Å². The number of aromatic amines is 3. The highest BCUT2D eigenvalue weighted by molar-refractivity contribution is 7.71. The van der Waals surface area contributed by atoms with E-state index in [9.17, 15) is 9.59 Å². The van der Waals surface area contributed by atoms with Gasteiger partial charge in [-0.2, -0.15) is 0 Å². The molecule has 0 bridgehead atoms. The number of hydrogen-bond acceptors (Lipinski definition) is 4. The largest absolute Gasteiger partial charge is 0.445 e. The third kappa shape index (κ3) is 1.95. The minimum absolute atomic E-state index is 0.0259. The first-order valence-electron chi connectivity index (χ1n) is 5.74. The molecule has 0 saturated carbocycles. The first-order chi connectivity index (χ1) is 9.56. The van der Waals surface area contributed by atoms with Crippen molar-refractivity contribution in [3.63, 3.8) is 0 Å². The monoisotopic (exact) mass is 290 g/mol. The van der Waals surface area contributed by atoms with Gasteiger partial charge in [0.2, 0.25) is 0 Å². The van der Waals surface area contributed by atoms with Crippen LogP contribution in [0.1, 0.15) is 5.56 Å². The van der Waals surface area contributed by atoms with Crippen molar-refractivity contribution in [3.8, 4) is 0 Å². The Morgan fingerprint density at radius 3 is 2.85 bits per heavy atom. The number of amides is 1. The first kappa shape index (κ1) is 12.4. The highest BCUT2D eigenvalue weighted by Crippen LogP contribution is 2.24. The van der Waals surface area contributed by atoms with Crippen LogP contribution in [0.25, 0.3) is 21.9 Å². The predicted molar refractivity (Wildman–Crippen MR) is 76.0 cm³/mol. The number of benzene rings is 1. The van der Waals surface area contributed by atoms with Crippen LogP contribution in [-0.2, 0) is 11.3 Å². The van der Waals surface area contributed by atoms with Gasteiger partial charge in [0.25, 0.3) is 5.56 Å². The fourth-order valence-electron chi connectivity index (χ4n) is 2.19. The van der Waals surface area contributed by atoms with E-state index < -0.39 is 6.09 Å². The Bertz CT molecular complexity index is 937. The molecule has 0 atom stereocenters. The van der Waals surface area contributed by atoms with Gasteiger partial charge in [-0.1, -0.05) is 18.2 Å². The molecule has 3 aromatic rings. The van der Waals surface area contributed by atoms with E-state index in [1.54, 1.807) is 18.2 Å². The summed E-state index contributed by atoms with van der Waals surface area (Å²) in [5.41, 5.74) is 6.63. The second-order valence-electron chi connectivity index (χ2n) is 4.23. The summed E-state index contributed by atoms with van der Waals surface area (Å²) in [6.45, 7) is 0.0259. The number of nitrogens with one attached hydrogen (secondary N) is 3. The SMILES string of the molecule is NC(=O)OCc1cccc2c1[nH]c1[nH]c(=S)[nH]c(=O)c12. The molecule has 3 rings (SSSR count). The molecule has 7 nitrogen and oxygen atoms in total. The van der Waals surface area contributed by atoms with E-state index in [1.807, 2.05) is 0 Å². The average Bonchev–Trinajstić information content (AvgIpc) is 2.74. The van der Waals surface area contributed by atoms with Gasteiger partial charge in [-0.25, -0.2) is 4.79 Å². The molecule has 1 amide bonds. The normalized spacial score (nSPS) is 11.0. The van der Waals surface area contributed by atoms with Crippen LogP contribution in [0.15, 0.2) is 23.0 Å². The lowest BCUT2D eigenvalue weighted by Crippen LogP contribution is -2.12. The standard InChI is InChI=1S/C12H10N4O3S/c13-11(18)19-4-5-2-1-3-6-7-9(14-8(5)6)15-12(20)16-10(7)17/h1-3H,4H2,(H2,13,18)(H3,14,15,16,17,20). The summed E-state index contributed by atoms with van der Waals surface area (Å²) in [6, 6.07) is 5.36. The zero-order valence-corrected chi connectivity index (χ0v) is 11.0. The maximum atomic E-state index is 12.0. The molecule has 1 aromatic carbocycles. The van der Waals surface area contributed by atoms with Crippen LogP contribution < -0.4 is 11.3 Å². The minimum atomic E-state index is -0.852. The molecule has 2 heterocycles. The Morgan fingerprint density at radius 2 is 2.10 bits per heavy atom. The Kier molecular flexibility index (Phi) is 2.79. The van der Waals surface area contributed by atoms with Gasteiger partial charge in [0.1, 0.15) is 12.3 Å². The van der Waals surface area contributed by atoms with Crippen LogP contribution in [0.5, 0.6) is 0 Å². The van der Waals surface area contributed by atoms with Crippen LogP contribution in [0.4, 0.5) is 4.79 Å². The van der Waals surface area contributed by atoms with Gasteiger partial charge in [-0.15, -0.1) is 0 Å². The van der Waals surface area contributed by atoms with E-state index in [1.165, 1.54) is 0 Å². The lowest BCUT2D eigenvalue weighted by Gasteiger charge is -2.02. The quantitative estimate of drug-likeness (QED) is 0.537. The molecule has 20 heavy (non-hydrogen) atoms. The number of para-hydroxylation sites is 1. The van der Waals surface area contributed by atoms with E-state index in [4.69, 9.17) is 22.7 Å². The Hall–Kier alpha value is -2.61. The number of carbonyl (C=O) groups excluding carboxylic acids is 1. The molecule has 0 aliphatic heterocycles. The predicted octanol–water partition coefficient (Wildman–Crippen LogP) is 1.66. The number of fused-ring (bicyclic) bond motifs is 3. The fourth-order valence-corrected chi connectivity index (χ4v) is 2.38. The van der Waals surface area contributed by atoms with Crippen molar-refractivity contribution in [2.75, 3.05) is 0 Å². The van der Waals surface area contributed by atoms with Crippen molar-refractivity contribution in [3.05, 3.63) is 38.9 Å². The zero-order chi connectivity index (χ0) is 14.3. The summed E-state index contributed by atoms with van der Waals surface area (Å²) < 4.78 is 5.03. The molecule has 8 heteroatoms. The molecule has 0 spiro atoms. The minimum Gasteiger partial charge on any atom is -0.445 e. The van der Waals surface area contributed by atoms with Crippen molar-refractivity contribution < 1.29 is 9.53 Å². The summed E-state index contributed by atoms with van der Waals surface area (Å²) >= 11 is 4.93. The second-order valence-corrected chi connectivity index (χ2v) is 4.64. The number of ether oxygens (including phenoxy) is 1. The van der Waals surface area contributed by atoms with E-state index >= 15 is 0 Å². The van der Waals surface area contributed by atoms with Gasteiger partial charge in [0, 0.05) is 10.9 Å². The number of H-pyrrole nitrogens is 3. The topological polar surface area (TPSA) is 117 Å². The summed E-state index contributed by atoms with van der Waals surface area (Å²) in [6.07, 6.45) is -0.852. The molecular formula is C12H10N4O3S. The molecule has 0 aliphatic rings. The van der Waals surface area contributed by atoms with Crippen LogP contribution in [0.3, 0.4) is 0 Å². The van der Waals surface area contributed by atoms with Crippen LogP contribution >= 0.6 is 12.2 Å². The van der Waals surface area contributed by atoms with E-state index in [2.05, 4.69) is 15.0 Å². The summed E-state index contributed by atoms with van der Waals surface area (Å²) in [5.74, 6) is 0. The maximum Gasteiger partial charge on any atom is 0.404 e. The number of hydrogen-bond donors (Lipinski definition) is 4. The molecule has 0 aliphatic carbocycles. The zero-order valence-electron chi connectivity index (χ0n) is 10.1. The summed E-state index contributed by atoms with van der Waals surface area (Å²) in [4.78, 5) is 31.2. The molecule has 0 unspecified atom stereocenters. The van der Waals surface area contributed by atoms with Crippen LogP contribution in [-0.4, -0.2) is 21.0 Å². The molecule has 0 fully saturated rings. The summed E-state index contributed by atoms with van der Waals surface area (Å²) in [7, 11) is 0. The Morgan fingerprint density at radius 1 is 1.30 bits per heavy atom. The Labute approximate surface area is 116 Å². The number of carbonyl (C=O) groups is 1. The van der Waals surface area contributed by atoms with Crippen molar-refractivity contribution in [2.24, 2.45) is 5.73 Å². The van der Waals surface area contributed by atoms with Crippen LogP contribution in [0.2, 0.25) is 0 Å². The number of nitrogens with two attached hydrogens (primary N) is 1. The average molecular weight is 290 g/mol. The number of rotatable bonds is 2. The highest BCUT2D eigenvalue weighted by Gasteiger charge is 2.12. The molecule has 102 valence electrons. The lowest BCUT2D eigenvalue weighted by atomic mass is 10.1. The molecule has 0 saturated heterocycles. The van der Waals surface area contributed by atoms with Gasteiger partial charge in [0.15, 0.2) is 4.77 Å². The van der Waals surface area contributed by atoms with Gasteiger partial charge in [-0.3, -0.25) is 9.78 Å². The third-order valence-corrected chi connectivity index (χ3v) is 3.19. The number of primary amides is 1. The molecule has 5 N–H and O–H groups in total. The summed E-state index contributed by atoms with van der Waals surface area (Å²) in [5, 5.41) is 1.20. The number of aromatic nitrogens is 3. The van der Waals surface area contributed by atoms with E-state index in [0.29, 0.717) is 16.6 Å². The van der Waals surface area contributed by atoms with Gasteiger partial charge >= 0.3 is 6.09 Å². The fraction of sp³-hybridized carbons (Fsp3) is 0.0833. The Balaban J connectivity index is 2.30. The lowest BCUT2D eigenvalue weighted by molar-refractivity contribution is 0.150. The van der Waals surface area contributed by atoms with E-state index in [0.717, 1.165) is 10.9 Å². The van der Waals surface area contributed by atoms with Crippen molar-refractivity contribution >= 4 is 40.2 Å². The van der Waals surface area contributed by atoms with Crippen molar-refractivity contribution in [2.45, 2.75) is 6.61 Å². The van der Waals surface area contributed by atoms with Crippen molar-refractivity contribution in [1.82, 2.24) is 15.0 Å². The molecule has 2 aromatic heterocycles. The van der Waals surface area contributed by atoms with Crippen molar-refractivity contribution in [1.29, 1.82) is 0 Å².